The van der Waals surface area contributed by atoms with E-state index in [1.807, 2.05) is 0 Å². The summed E-state index contributed by atoms with van der Waals surface area (Å²) in [7, 11) is 0. The Kier molecular flexibility index (Phi) is 27.1. The fraction of sp³-hybridized carbons (Fsp3) is 0.857. The van der Waals surface area contributed by atoms with Gasteiger partial charge < -0.3 is 10.2 Å². The molecule has 1 aromatic carbocycles. The summed E-state index contributed by atoms with van der Waals surface area (Å²) in [6, 6.07) is 0. The Morgan fingerprint density at radius 3 is 0.727 bits per heavy atom. The lowest BCUT2D eigenvalue weighted by atomic mass is 9.85. The first kappa shape index (κ1) is 40.8. The van der Waals surface area contributed by atoms with Crippen molar-refractivity contribution in [3.05, 3.63) is 22.3 Å². The van der Waals surface area contributed by atoms with Gasteiger partial charge in [0.2, 0.25) is 0 Å². The second-order valence-corrected chi connectivity index (χ2v) is 14.1. The zero-order valence-electron chi connectivity index (χ0n) is 30.5. The minimum absolute atomic E-state index is 0.459. The third-order valence-electron chi connectivity index (χ3n) is 9.99. The molecule has 258 valence electrons. The van der Waals surface area contributed by atoms with Gasteiger partial charge >= 0.3 is 0 Å². The standard InChI is InChI=1S/C42H78O2/c1-5-9-13-17-21-25-29-33-37-38(34-30-26-22-18-14-10-6-2)41(43)40(36-32-28-24-20-16-12-8-4)42(44)39(37)35-31-27-23-19-15-11-7-3/h43-44H,5-36H2,1-4H3. The van der Waals surface area contributed by atoms with Crippen LogP contribution in [0.4, 0.5) is 0 Å². The average molecular weight is 615 g/mol. The van der Waals surface area contributed by atoms with Crippen molar-refractivity contribution < 1.29 is 10.2 Å². The number of aromatic hydroxyl groups is 2. The van der Waals surface area contributed by atoms with Crippen molar-refractivity contribution in [1.29, 1.82) is 0 Å². The molecular weight excluding hydrogens is 536 g/mol. The maximum absolute atomic E-state index is 11.8. The van der Waals surface area contributed by atoms with Gasteiger partial charge in [-0.1, -0.05) is 182 Å². The molecular formula is C42H78O2. The largest absolute Gasteiger partial charge is 0.507 e. The maximum Gasteiger partial charge on any atom is 0.125 e. The summed E-state index contributed by atoms with van der Waals surface area (Å²) in [6.07, 6.45) is 39.8. The Morgan fingerprint density at radius 2 is 0.455 bits per heavy atom. The van der Waals surface area contributed by atoms with Crippen LogP contribution in [0.5, 0.6) is 11.5 Å². The lowest BCUT2D eigenvalue weighted by Crippen LogP contribution is -2.07. The summed E-state index contributed by atoms with van der Waals surface area (Å²) in [5.41, 5.74) is 4.61. The highest BCUT2D eigenvalue weighted by molar-refractivity contribution is 5.58. The van der Waals surface area contributed by atoms with Gasteiger partial charge in [0.05, 0.1) is 0 Å². The topological polar surface area (TPSA) is 40.5 Å². The van der Waals surface area contributed by atoms with Crippen LogP contribution in [0.3, 0.4) is 0 Å². The van der Waals surface area contributed by atoms with Gasteiger partial charge in [-0.25, -0.2) is 0 Å². The van der Waals surface area contributed by atoms with Crippen molar-refractivity contribution >= 4 is 0 Å². The minimum atomic E-state index is 0.459. The summed E-state index contributed by atoms with van der Waals surface area (Å²) < 4.78 is 0. The van der Waals surface area contributed by atoms with Gasteiger partial charge in [-0.05, 0) is 68.1 Å². The molecule has 0 unspecified atom stereocenters. The van der Waals surface area contributed by atoms with Crippen molar-refractivity contribution in [2.45, 2.75) is 233 Å². The molecule has 0 saturated heterocycles. The number of phenolic OH excluding ortho intramolecular Hbond substituents is 2. The highest BCUT2D eigenvalue weighted by atomic mass is 16.3. The van der Waals surface area contributed by atoms with Crippen LogP contribution in [0.15, 0.2) is 0 Å². The summed E-state index contributed by atoms with van der Waals surface area (Å²) >= 11 is 0. The van der Waals surface area contributed by atoms with Crippen LogP contribution in [0.25, 0.3) is 0 Å². The Labute approximate surface area is 276 Å². The van der Waals surface area contributed by atoms with Crippen LogP contribution >= 0.6 is 0 Å². The Bertz CT molecular complexity index is 737. The van der Waals surface area contributed by atoms with Crippen molar-refractivity contribution in [2.75, 3.05) is 0 Å². The molecule has 0 atom stereocenters. The predicted octanol–water partition coefficient (Wildman–Crippen LogP) is 14.3. The highest BCUT2D eigenvalue weighted by Crippen LogP contribution is 2.41. The van der Waals surface area contributed by atoms with E-state index >= 15 is 0 Å². The zero-order valence-corrected chi connectivity index (χ0v) is 30.5. The molecule has 1 aromatic rings. The first-order valence-corrected chi connectivity index (χ1v) is 20.2. The number of hydrogen-bond acceptors (Lipinski definition) is 2. The molecule has 0 saturated carbocycles. The van der Waals surface area contributed by atoms with E-state index in [1.54, 1.807) is 0 Å². The van der Waals surface area contributed by atoms with Crippen LogP contribution in [0.2, 0.25) is 0 Å². The van der Waals surface area contributed by atoms with Gasteiger partial charge in [-0.3, -0.25) is 0 Å². The molecule has 0 aromatic heterocycles. The van der Waals surface area contributed by atoms with Crippen molar-refractivity contribution in [1.82, 2.24) is 0 Å². The molecule has 0 heterocycles. The van der Waals surface area contributed by atoms with Gasteiger partial charge in [0.25, 0.3) is 0 Å². The van der Waals surface area contributed by atoms with Crippen LogP contribution in [0.1, 0.15) is 230 Å². The zero-order chi connectivity index (χ0) is 32.1. The van der Waals surface area contributed by atoms with E-state index in [9.17, 15) is 10.2 Å². The second-order valence-electron chi connectivity index (χ2n) is 14.1. The van der Waals surface area contributed by atoms with Gasteiger partial charge in [-0.2, -0.15) is 0 Å². The SMILES string of the molecule is CCCCCCCCCc1c(O)c(CCCCCCCCC)c(CCCCCCCCC)c(CCCCCCCCC)c1O. The minimum Gasteiger partial charge on any atom is -0.507 e. The first-order valence-electron chi connectivity index (χ1n) is 20.2. The van der Waals surface area contributed by atoms with Crippen molar-refractivity contribution in [2.24, 2.45) is 0 Å². The number of unbranched alkanes of at least 4 members (excludes halogenated alkanes) is 24. The normalized spacial score (nSPS) is 11.5. The smallest absolute Gasteiger partial charge is 0.125 e. The third-order valence-corrected chi connectivity index (χ3v) is 9.99. The molecule has 2 heteroatoms. The molecule has 0 spiro atoms. The maximum atomic E-state index is 11.8. The Morgan fingerprint density at radius 1 is 0.250 bits per heavy atom. The van der Waals surface area contributed by atoms with E-state index in [1.165, 1.54) is 177 Å². The molecule has 0 radical (unpaired) electrons. The van der Waals surface area contributed by atoms with E-state index in [4.69, 9.17) is 0 Å². The number of rotatable bonds is 32. The van der Waals surface area contributed by atoms with Crippen LogP contribution < -0.4 is 0 Å². The fourth-order valence-electron chi connectivity index (χ4n) is 7.06. The molecule has 1 rings (SSSR count). The van der Waals surface area contributed by atoms with Crippen molar-refractivity contribution in [3.63, 3.8) is 0 Å². The first-order chi connectivity index (χ1) is 21.6. The number of benzene rings is 1. The number of hydrogen-bond donors (Lipinski definition) is 2. The quantitative estimate of drug-likeness (QED) is 0.0792. The van der Waals surface area contributed by atoms with Crippen molar-refractivity contribution in [3.8, 4) is 11.5 Å². The molecule has 0 aliphatic rings. The molecule has 0 aliphatic carbocycles. The molecule has 0 fully saturated rings. The number of phenols is 2. The molecule has 2 nitrogen and oxygen atoms in total. The molecule has 44 heavy (non-hydrogen) atoms. The van der Waals surface area contributed by atoms with E-state index in [0.717, 1.165) is 50.5 Å². The fourth-order valence-corrected chi connectivity index (χ4v) is 7.06. The van der Waals surface area contributed by atoms with Gasteiger partial charge in [0.15, 0.2) is 0 Å². The second kappa shape index (κ2) is 29.2. The Balaban J connectivity index is 3.08. The molecule has 0 aliphatic heterocycles. The lowest BCUT2D eigenvalue weighted by molar-refractivity contribution is 0.422. The van der Waals surface area contributed by atoms with E-state index in [0.29, 0.717) is 11.5 Å². The molecule has 0 amide bonds. The lowest BCUT2D eigenvalue weighted by Gasteiger charge is -2.22. The van der Waals surface area contributed by atoms with Gasteiger partial charge in [0.1, 0.15) is 11.5 Å². The van der Waals surface area contributed by atoms with E-state index in [2.05, 4.69) is 27.7 Å². The molecule has 2 N–H and O–H groups in total. The van der Waals surface area contributed by atoms with Gasteiger partial charge in [-0.15, -0.1) is 0 Å². The summed E-state index contributed by atoms with van der Waals surface area (Å²) in [5, 5.41) is 23.5. The van der Waals surface area contributed by atoms with Gasteiger partial charge in [0, 0.05) is 5.56 Å². The van der Waals surface area contributed by atoms with E-state index < -0.39 is 0 Å². The van der Waals surface area contributed by atoms with E-state index in [-0.39, 0.29) is 0 Å². The average Bonchev–Trinajstić information content (AvgIpc) is 3.02. The summed E-state index contributed by atoms with van der Waals surface area (Å²) in [5.74, 6) is 0.918. The Hall–Kier alpha value is -1.18. The van der Waals surface area contributed by atoms with Crippen LogP contribution in [-0.4, -0.2) is 10.2 Å². The highest BCUT2D eigenvalue weighted by Gasteiger charge is 2.22. The summed E-state index contributed by atoms with van der Waals surface area (Å²) in [6.45, 7) is 9.13. The third kappa shape index (κ3) is 18.7. The molecule has 0 bridgehead atoms. The summed E-state index contributed by atoms with van der Waals surface area (Å²) in [4.78, 5) is 0. The predicted molar refractivity (Wildman–Crippen MR) is 197 cm³/mol. The monoisotopic (exact) mass is 615 g/mol. The van der Waals surface area contributed by atoms with Crippen LogP contribution in [0, 0.1) is 0 Å². The van der Waals surface area contributed by atoms with Crippen LogP contribution in [-0.2, 0) is 25.7 Å².